The van der Waals surface area contributed by atoms with Gasteiger partial charge in [0.05, 0.1) is 132 Å². The standard InChI is InChI=1S/C25H36F3N3O2.C23H30F3N3O.C21H30F3N3O2.C20H25F3N4O.C20H28F3N3O2/c1-5-6-11-31(4)15-22-20(14-29-30-22)19-12-21(25(26,27)28)24(32-16-17(2)3)13-23(19)33-18-9-7-8-10-18;1-6-8-10-29(5)15-21-19(14-27-28-21)18-13-20(23(24,25)26)22(12-17(18)7-2)30-11-9-16(3)4;1-5-6-8-27(3)14-19-17(13-25-26-19)16-12-18(21(22,23)24)20(11-15(16)2)29-10-7-9-28-4;1-4-6-7-27(3)13-14-12-25-26-19(14)16-9-15(28-8-5-2)10-18(17(16)11-24)20(21,22)23;1-5-6-7-26(3)13-15-12-24-25-19(15)17-10-16(20(21,22)23)11-18(14(17)2)28-9-8-27-4/h12-14,17-18H,5-11,15-16H2,1-4H3,(H,29,30);2,12-14,16H,6,8-11,15H2,1,3-5H3,(H,27,28);11-13H,5-10,14H2,1-4H3,(H,25,26);9-10,12H,4-8,13H2,1-3H3,(H,25,26);10-12H,5-9,13H2,1-4H3,(H,24,25). The van der Waals surface area contributed by atoms with Crippen LogP contribution in [0.4, 0.5) is 65.9 Å². The molecule has 1 aliphatic rings. The van der Waals surface area contributed by atoms with E-state index in [1.165, 1.54) is 49.7 Å². The molecule has 1 fully saturated rings. The fraction of sp³-hybridized carbons (Fsp3) is 0.560. The maximum Gasteiger partial charge on any atom is 0.419 e. The largest absolute Gasteiger partial charge is 0.494 e. The van der Waals surface area contributed by atoms with Crippen molar-refractivity contribution in [2.75, 3.05) is 128 Å². The van der Waals surface area contributed by atoms with Crippen LogP contribution in [0.5, 0.6) is 34.5 Å². The Morgan fingerprint density at radius 3 is 1.26 bits per heavy atom. The van der Waals surface area contributed by atoms with Gasteiger partial charge in [-0.3, -0.25) is 25.5 Å². The van der Waals surface area contributed by atoms with Gasteiger partial charge in [-0.15, -0.1) is 6.42 Å². The molecular weight excluding hydrogens is 1950 g/mol. The summed E-state index contributed by atoms with van der Waals surface area (Å²) in [6.07, 6.45) is 7.22. The van der Waals surface area contributed by atoms with Crippen molar-refractivity contribution in [3.8, 4) is 109 Å². The fourth-order valence-electron chi connectivity index (χ4n) is 16.2. The second-order valence-electron chi connectivity index (χ2n) is 38.1. The quantitative estimate of drug-likeness (QED) is 0.0135. The van der Waals surface area contributed by atoms with Crippen molar-refractivity contribution in [2.45, 2.75) is 262 Å². The molecule has 5 heterocycles. The summed E-state index contributed by atoms with van der Waals surface area (Å²) in [4.78, 5) is 10.6. The van der Waals surface area contributed by atoms with E-state index in [0.717, 1.165) is 175 Å². The summed E-state index contributed by atoms with van der Waals surface area (Å²) in [7, 11) is 13.0. The minimum absolute atomic E-state index is 0.000939. The van der Waals surface area contributed by atoms with Crippen LogP contribution in [0.2, 0.25) is 0 Å². The fourth-order valence-corrected chi connectivity index (χ4v) is 16.2. The highest BCUT2D eigenvalue weighted by molar-refractivity contribution is 5.78. The number of alkyl halides is 15. The summed E-state index contributed by atoms with van der Waals surface area (Å²) in [6.45, 7) is 32.8. The number of ether oxygens (including phenoxy) is 8. The molecule has 0 aliphatic heterocycles. The van der Waals surface area contributed by atoms with Gasteiger partial charge >= 0.3 is 30.9 Å². The van der Waals surface area contributed by atoms with Crippen molar-refractivity contribution >= 4 is 0 Å². The number of methoxy groups -OCH3 is 2. The van der Waals surface area contributed by atoms with Gasteiger partial charge in [-0.1, -0.05) is 107 Å². The Labute approximate surface area is 861 Å². The zero-order valence-electron chi connectivity index (χ0n) is 88.9. The van der Waals surface area contributed by atoms with Crippen LogP contribution in [0.15, 0.2) is 91.6 Å². The van der Waals surface area contributed by atoms with Crippen LogP contribution in [0.25, 0.3) is 55.9 Å². The lowest BCUT2D eigenvalue weighted by molar-refractivity contribution is -0.139. The molecule has 0 unspecified atom stereocenters. The topological polar surface area (TPSA) is 257 Å². The Morgan fingerprint density at radius 1 is 0.392 bits per heavy atom. The van der Waals surface area contributed by atoms with Crippen LogP contribution in [-0.4, -0.2) is 210 Å². The van der Waals surface area contributed by atoms with E-state index in [4.69, 9.17) is 44.3 Å². The van der Waals surface area contributed by atoms with Crippen molar-refractivity contribution in [2.24, 2.45) is 11.8 Å². The Balaban J connectivity index is 0.000000251. The molecule has 0 spiro atoms. The molecule has 818 valence electrons. The molecule has 5 aromatic heterocycles. The van der Waals surface area contributed by atoms with E-state index >= 15 is 0 Å². The Morgan fingerprint density at radius 2 is 0.818 bits per heavy atom. The number of unbranched alkanes of at least 4 members (excludes halogenated alkanes) is 5. The van der Waals surface area contributed by atoms with Gasteiger partial charge in [0.1, 0.15) is 47.2 Å². The molecule has 0 saturated heterocycles. The van der Waals surface area contributed by atoms with Gasteiger partial charge in [-0.25, -0.2) is 0 Å². The van der Waals surface area contributed by atoms with E-state index < -0.39 is 64.3 Å². The molecule has 0 radical (unpaired) electrons. The molecule has 0 bridgehead atoms. The van der Waals surface area contributed by atoms with E-state index in [1.54, 1.807) is 51.8 Å². The first-order chi connectivity index (χ1) is 70.2. The number of nitrogens with one attached hydrogen (secondary N) is 5. The number of nitriles is 1. The molecule has 10 aromatic rings. The number of aromatic amines is 5. The van der Waals surface area contributed by atoms with Crippen molar-refractivity contribution in [3.63, 3.8) is 0 Å². The molecule has 0 amide bonds. The molecule has 5 N–H and O–H groups in total. The minimum atomic E-state index is -4.66. The highest BCUT2D eigenvalue weighted by Crippen LogP contribution is 2.49. The first kappa shape index (κ1) is 124. The molecule has 1 saturated carbocycles. The molecule has 11 rings (SSSR count). The van der Waals surface area contributed by atoms with Gasteiger partial charge in [-0.2, -0.15) is 96.6 Å². The van der Waals surface area contributed by atoms with Crippen molar-refractivity contribution in [1.82, 2.24) is 75.5 Å². The predicted octanol–water partition coefficient (Wildman–Crippen LogP) is 27.1. The number of rotatable bonds is 51. The number of H-pyrrole nitrogens is 5. The maximum absolute atomic E-state index is 14.0. The summed E-state index contributed by atoms with van der Waals surface area (Å²) in [5, 5.41) is 44.3. The summed E-state index contributed by atoms with van der Waals surface area (Å²) in [6, 6.07) is 13.9. The lowest BCUT2D eigenvalue weighted by Gasteiger charge is -2.22. The third-order valence-corrected chi connectivity index (χ3v) is 24.3. The third-order valence-electron chi connectivity index (χ3n) is 24.3. The average Bonchev–Trinajstić information content (AvgIpc) is 1.36. The van der Waals surface area contributed by atoms with Crippen LogP contribution >= 0.6 is 0 Å². The third kappa shape index (κ3) is 38.6. The lowest BCUT2D eigenvalue weighted by atomic mass is 9.96. The summed E-state index contributed by atoms with van der Waals surface area (Å²) in [5.74, 6) is 3.08. The molecular formula is C109H149F15N16O8. The average molecular weight is 2100 g/mol. The number of halogens is 15. The summed E-state index contributed by atoms with van der Waals surface area (Å²) in [5.41, 5.74) is 5.71. The van der Waals surface area contributed by atoms with Crippen LogP contribution in [0, 0.1) is 49.4 Å². The van der Waals surface area contributed by atoms with Crippen LogP contribution in [0.1, 0.15) is 257 Å². The number of terminal acetylenes is 1. The van der Waals surface area contributed by atoms with E-state index in [0.29, 0.717) is 144 Å². The van der Waals surface area contributed by atoms with Gasteiger partial charge in [0.2, 0.25) is 0 Å². The van der Waals surface area contributed by atoms with Crippen molar-refractivity contribution in [1.29, 1.82) is 5.26 Å². The Bertz CT molecular complexity index is 5700. The number of benzene rings is 5. The van der Waals surface area contributed by atoms with Crippen LogP contribution in [-0.2, 0) is 73.1 Å². The van der Waals surface area contributed by atoms with Gasteiger partial charge in [0.15, 0.2) is 0 Å². The monoisotopic (exact) mass is 2100 g/mol. The van der Waals surface area contributed by atoms with Crippen molar-refractivity contribution < 1.29 is 104 Å². The van der Waals surface area contributed by atoms with Gasteiger partial charge in [0.25, 0.3) is 0 Å². The number of hydrogen-bond donors (Lipinski definition) is 5. The van der Waals surface area contributed by atoms with E-state index in [2.05, 4.69) is 116 Å². The van der Waals surface area contributed by atoms with E-state index in [9.17, 15) is 71.1 Å². The number of hydrogen-bond acceptors (Lipinski definition) is 19. The van der Waals surface area contributed by atoms with Crippen LogP contribution in [0.3, 0.4) is 0 Å². The van der Waals surface area contributed by atoms with Gasteiger partial charge in [0, 0.05) is 127 Å². The normalized spacial score (nSPS) is 12.6. The molecule has 5 aromatic carbocycles. The highest BCUT2D eigenvalue weighted by Gasteiger charge is 2.42. The molecule has 24 nitrogen and oxygen atoms in total. The van der Waals surface area contributed by atoms with Crippen molar-refractivity contribution in [3.05, 3.63) is 170 Å². The molecule has 39 heteroatoms. The second-order valence-corrected chi connectivity index (χ2v) is 38.1. The Kier molecular flexibility index (Phi) is 50.5. The minimum Gasteiger partial charge on any atom is -0.494 e. The maximum atomic E-state index is 14.0. The molecule has 0 atom stereocenters. The first-order valence-corrected chi connectivity index (χ1v) is 50.6. The zero-order valence-corrected chi connectivity index (χ0v) is 88.9. The summed E-state index contributed by atoms with van der Waals surface area (Å²) < 4.78 is 249. The number of nitrogens with zero attached hydrogens (tertiary/aromatic N) is 11. The van der Waals surface area contributed by atoms with Gasteiger partial charge < -0.3 is 62.4 Å². The SMILES string of the molecule is C#Cc1cc(OCCC(C)C)c(C(F)(F)F)cc1-c1cn[nH]c1CN(C)CCCC.CCCCN(C)Cc1[nH]ncc1-c1cc(C(F)(F)F)c(OCC(C)C)cc1OC1CCCC1.CCCCN(C)Cc1[nH]ncc1-c1cc(C(F)(F)F)c(OCCCOC)cc1C.CCCCN(C)Cc1cn[nH]c1-c1cc(C(F)(F)F)cc(OCCOC)c1C.CCCCN(C)Cc1cn[nH]c1-c1cc(OCCC)cc(C(F)(F)F)c1C#N. The number of aryl methyl sites for hydroxylation is 1. The molecule has 1 aliphatic carbocycles. The van der Waals surface area contributed by atoms with Crippen LogP contribution < -0.4 is 28.4 Å². The first-order valence-electron chi connectivity index (χ1n) is 50.6. The zero-order chi connectivity index (χ0) is 109. The Hall–Kier alpha value is -11.3. The molecule has 148 heavy (non-hydrogen) atoms. The smallest absolute Gasteiger partial charge is 0.419 e. The van der Waals surface area contributed by atoms with E-state index in [-0.39, 0.29) is 79.4 Å². The highest BCUT2D eigenvalue weighted by atomic mass is 19.4. The van der Waals surface area contributed by atoms with Gasteiger partial charge in [-0.05, 0) is 230 Å². The second kappa shape index (κ2) is 60.5. The van der Waals surface area contributed by atoms with E-state index in [1.807, 2.05) is 69.9 Å². The lowest BCUT2D eigenvalue weighted by Crippen LogP contribution is -2.20. The predicted molar refractivity (Wildman–Crippen MR) is 547 cm³/mol. The number of aromatic nitrogens is 10. The summed E-state index contributed by atoms with van der Waals surface area (Å²) >= 11 is 0.